The highest BCUT2D eigenvalue weighted by atomic mass is 32.1. The van der Waals surface area contributed by atoms with Crippen molar-refractivity contribution in [2.45, 2.75) is 0 Å². The van der Waals surface area contributed by atoms with Crippen molar-refractivity contribution in [2.24, 2.45) is 0 Å². The van der Waals surface area contributed by atoms with Crippen molar-refractivity contribution in [3.8, 4) is 10.6 Å². The maximum Gasteiger partial charge on any atom is 0.255 e. The third-order valence-corrected chi connectivity index (χ3v) is 3.71. The van der Waals surface area contributed by atoms with Gasteiger partial charge in [-0.05, 0) is 30.3 Å². The van der Waals surface area contributed by atoms with Gasteiger partial charge in [-0.2, -0.15) is 0 Å². The Balaban J connectivity index is 1.83. The fraction of sp³-hybridized carbons (Fsp3) is 0. The van der Waals surface area contributed by atoms with Gasteiger partial charge >= 0.3 is 0 Å². The number of hydrogen-bond acceptors (Lipinski definition) is 3. The Kier molecular flexibility index (Phi) is 3.75. The van der Waals surface area contributed by atoms with E-state index in [9.17, 15) is 9.18 Å². The average molecular weight is 298 g/mol. The molecule has 0 aliphatic rings. The van der Waals surface area contributed by atoms with Gasteiger partial charge < -0.3 is 5.32 Å². The van der Waals surface area contributed by atoms with E-state index in [1.807, 2.05) is 11.4 Å². The topological polar surface area (TPSA) is 42.0 Å². The molecular formula is C16H11FN2OS. The number of nitrogens with one attached hydrogen (secondary N) is 1. The van der Waals surface area contributed by atoms with Gasteiger partial charge in [0.25, 0.3) is 5.91 Å². The second-order valence-corrected chi connectivity index (χ2v) is 5.28. The van der Waals surface area contributed by atoms with E-state index < -0.39 is 0 Å². The number of amides is 1. The summed E-state index contributed by atoms with van der Waals surface area (Å²) in [5, 5.41) is 5.42. The monoisotopic (exact) mass is 298 g/mol. The van der Waals surface area contributed by atoms with Gasteiger partial charge in [0.15, 0.2) is 0 Å². The molecule has 0 saturated carbocycles. The van der Waals surface area contributed by atoms with Crippen LogP contribution in [0.25, 0.3) is 10.6 Å². The molecule has 0 aliphatic carbocycles. The Morgan fingerprint density at radius 1 is 1.14 bits per heavy atom. The Labute approximate surface area is 125 Å². The van der Waals surface area contributed by atoms with Gasteiger partial charge in [-0.1, -0.05) is 18.2 Å². The van der Waals surface area contributed by atoms with Crippen molar-refractivity contribution in [1.82, 2.24) is 4.98 Å². The largest absolute Gasteiger partial charge is 0.322 e. The number of anilines is 1. The number of thiazole rings is 1. The summed E-state index contributed by atoms with van der Waals surface area (Å²) in [6, 6.07) is 13.0. The molecule has 5 heteroatoms. The lowest BCUT2D eigenvalue weighted by molar-refractivity contribution is 0.102. The van der Waals surface area contributed by atoms with Crippen molar-refractivity contribution in [1.29, 1.82) is 0 Å². The van der Waals surface area contributed by atoms with Crippen LogP contribution < -0.4 is 5.32 Å². The average Bonchev–Trinajstić information content (AvgIpc) is 3.02. The molecule has 1 N–H and O–H groups in total. The van der Waals surface area contributed by atoms with Crippen LogP contribution in [0, 0.1) is 5.82 Å². The fourth-order valence-corrected chi connectivity index (χ4v) is 2.56. The lowest BCUT2D eigenvalue weighted by atomic mass is 10.1. The Morgan fingerprint density at radius 3 is 2.76 bits per heavy atom. The van der Waals surface area contributed by atoms with Crippen molar-refractivity contribution in [3.63, 3.8) is 0 Å². The number of carbonyl (C=O) groups excluding carboxylic acids is 1. The molecule has 3 nitrogen and oxygen atoms in total. The number of halogens is 1. The Morgan fingerprint density at radius 2 is 2.00 bits per heavy atom. The van der Waals surface area contributed by atoms with E-state index in [-0.39, 0.29) is 11.7 Å². The summed E-state index contributed by atoms with van der Waals surface area (Å²) >= 11 is 1.51. The van der Waals surface area contributed by atoms with Crippen LogP contribution in [0.3, 0.4) is 0 Å². The number of rotatable bonds is 3. The van der Waals surface area contributed by atoms with Crippen LogP contribution in [0.5, 0.6) is 0 Å². The first-order valence-corrected chi connectivity index (χ1v) is 7.17. The van der Waals surface area contributed by atoms with Gasteiger partial charge in [0.05, 0.1) is 0 Å². The molecule has 3 aromatic rings. The molecule has 2 aromatic carbocycles. The third-order valence-electron chi connectivity index (χ3n) is 2.89. The summed E-state index contributed by atoms with van der Waals surface area (Å²) in [6.45, 7) is 0. The van der Waals surface area contributed by atoms with Gasteiger partial charge in [-0.15, -0.1) is 11.3 Å². The van der Waals surface area contributed by atoms with Crippen LogP contribution in [0.2, 0.25) is 0 Å². The first kappa shape index (κ1) is 13.5. The number of hydrogen-bond donors (Lipinski definition) is 1. The van der Waals surface area contributed by atoms with Crippen molar-refractivity contribution < 1.29 is 9.18 Å². The molecule has 0 unspecified atom stereocenters. The molecule has 3 rings (SSSR count). The van der Waals surface area contributed by atoms with Gasteiger partial charge in [-0.3, -0.25) is 4.79 Å². The lowest BCUT2D eigenvalue weighted by Gasteiger charge is -2.06. The molecule has 0 atom stereocenters. The molecule has 1 amide bonds. The summed E-state index contributed by atoms with van der Waals surface area (Å²) < 4.78 is 13.1. The van der Waals surface area contributed by atoms with Gasteiger partial charge in [0, 0.05) is 28.4 Å². The predicted octanol–water partition coefficient (Wildman–Crippen LogP) is 4.20. The summed E-state index contributed by atoms with van der Waals surface area (Å²) in [5.74, 6) is -0.664. The molecule has 1 heterocycles. The molecule has 1 aromatic heterocycles. The van der Waals surface area contributed by atoms with Crippen LogP contribution in [0.15, 0.2) is 60.1 Å². The van der Waals surface area contributed by atoms with E-state index in [0.717, 1.165) is 10.6 Å². The van der Waals surface area contributed by atoms with Crippen molar-refractivity contribution in [3.05, 3.63) is 71.5 Å². The van der Waals surface area contributed by atoms with Crippen molar-refractivity contribution in [2.75, 3.05) is 5.32 Å². The minimum absolute atomic E-state index is 0.279. The summed E-state index contributed by atoms with van der Waals surface area (Å²) in [7, 11) is 0. The number of nitrogens with zero attached hydrogens (tertiary/aromatic N) is 1. The van der Waals surface area contributed by atoms with Crippen LogP contribution in [-0.4, -0.2) is 10.9 Å². The SMILES string of the molecule is O=C(Nc1cccc(F)c1)c1cccc(-c2nccs2)c1. The first-order chi connectivity index (χ1) is 10.2. The van der Waals surface area contributed by atoms with E-state index in [0.29, 0.717) is 11.3 Å². The zero-order valence-electron chi connectivity index (χ0n) is 10.9. The normalized spacial score (nSPS) is 10.3. The molecule has 0 radical (unpaired) electrons. The zero-order chi connectivity index (χ0) is 14.7. The number of benzene rings is 2. The molecule has 0 fully saturated rings. The van der Waals surface area contributed by atoms with E-state index in [2.05, 4.69) is 10.3 Å². The maximum absolute atomic E-state index is 13.1. The van der Waals surface area contributed by atoms with Crippen molar-refractivity contribution >= 4 is 22.9 Å². The molecule has 21 heavy (non-hydrogen) atoms. The van der Waals surface area contributed by atoms with E-state index in [1.54, 1.807) is 36.5 Å². The van der Waals surface area contributed by atoms with Crippen LogP contribution in [0.4, 0.5) is 10.1 Å². The second-order valence-electron chi connectivity index (χ2n) is 4.38. The number of carbonyl (C=O) groups is 1. The van der Waals surface area contributed by atoms with Gasteiger partial charge in [0.1, 0.15) is 10.8 Å². The van der Waals surface area contributed by atoms with Crippen LogP contribution in [-0.2, 0) is 0 Å². The highest BCUT2D eigenvalue weighted by molar-refractivity contribution is 7.13. The second kappa shape index (κ2) is 5.85. The van der Waals surface area contributed by atoms with E-state index in [4.69, 9.17) is 0 Å². The molecular weight excluding hydrogens is 287 g/mol. The fourth-order valence-electron chi connectivity index (χ4n) is 1.93. The minimum Gasteiger partial charge on any atom is -0.322 e. The van der Waals surface area contributed by atoms with Crippen LogP contribution in [0.1, 0.15) is 10.4 Å². The molecule has 0 bridgehead atoms. The number of aromatic nitrogens is 1. The Bertz CT molecular complexity index is 771. The zero-order valence-corrected chi connectivity index (χ0v) is 11.7. The van der Waals surface area contributed by atoms with E-state index in [1.165, 1.54) is 23.5 Å². The Hall–Kier alpha value is -2.53. The lowest BCUT2D eigenvalue weighted by Crippen LogP contribution is -2.11. The summed E-state index contributed by atoms with van der Waals surface area (Å²) in [4.78, 5) is 16.4. The smallest absolute Gasteiger partial charge is 0.255 e. The highest BCUT2D eigenvalue weighted by Gasteiger charge is 2.09. The standard InChI is InChI=1S/C16H11FN2OS/c17-13-5-2-6-14(10-13)19-15(20)11-3-1-4-12(9-11)16-18-7-8-21-16/h1-10H,(H,19,20). The highest BCUT2D eigenvalue weighted by Crippen LogP contribution is 2.23. The van der Waals surface area contributed by atoms with Gasteiger partial charge in [-0.25, -0.2) is 9.37 Å². The molecule has 0 aliphatic heterocycles. The summed E-state index contributed by atoms with van der Waals surface area (Å²) in [6.07, 6.45) is 1.72. The quantitative estimate of drug-likeness (QED) is 0.787. The predicted molar refractivity (Wildman–Crippen MR) is 81.9 cm³/mol. The third kappa shape index (κ3) is 3.14. The van der Waals surface area contributed by atoms with Crippen LogP contribution >= 0.6 is 11.3 Å². The summed E-state index contributed by atoms with van der Waals surface area (Å²) in [5.41, 5.74) is 1.82. The maximum atomic E-state index is 13.1. The molecule has 104 valence electrons. The molecule has 0 spiro atoms. The van der Waals surface area contributed by atoms with Gasteiger partial charge in [0.2, 0.25) is 0 Å². The molecule has 0 saturated heterocycles. The minimum atomic E-state index is -0.385. The van der Waals surface area contributed by atoms with E-state index >= 15 is 0 Å². The first-order valence-electron chi connectivity index (χ1n) is 6.29.